The van der Waals surface area contributed by atoms with Gasteiger partial charge in [0.1, 0.15) is 0 Å². The summed E-state index contributed by atoms with van der Waals surface area (Å²) in [5.41, 5.74) is 5.56. The maximum Gasteiger partial charge on any atom is 0.220 e. The number of nitrogens with two attached hydrogens (primary N) is 1. The van der Waals surface area contributed by atoms with Crippen molar-refractivity contribution in [2.75, 3.05) is 13.1 Å². The maximum atomic E-state index is 11.8. The minimum atomic E-state index is -0.117. The van der Waals surface area contributed by atoms with E-state index in [1.54, 1.807) is 0 Å². The Balaban J connectivity index is 2.10. The van der Waals surface area contributed by atoms with Gasteiger partial charge in [0.05, 0.1) is 6.10 Å². The highest BCUT2D eigenvalue weighted by molar-refractivity contribution is 5.75. The molecule has 4 nitrogen and oxygen atoms in total. The Bertz CT molecular complexity index is 251. The fourth-order valence-electron chi connectivity index (χ4n) is 2.82. The smallest absolute Gasteiger partial charge is 0.220 e. The van der Waals surface area contributed by atoms with E-state index in [1.807, 2.05) is 0 Å². The maximum absolute atomic E-state index is 11.8. The van der Waals surface area contributed by atoms with Crippen LogP contribution in [0.2, 0.25) is 0 Å². The second-order valence-electron chi connectivity index (χ2n) is 5.87. The molecule has 0 aromatic heterocycles. The molecule has 0 aromatic carbocycles. The van der Waals surface area contributed by atoms with Gasteiger partial charge in [-0.25, -0.2) is 0 Å². The minimum Gasteiger partial charge on any atom is -0.393 e. The summed E-state index contributed by atoms with van der Waals surface area (Å²) >= 11 is 0. The minimum absolute atomic E-state index is 0.117. The Labute approximate surface area is 117 Å². The molecule has 112 valence electrons. The van der Waals surface area contributed by atoms with Crippen molar-refractivity contribution in [3.05, 3.63) is 0 Å². The number of hydrogen-bond donors (Lipinski definition) is 3. The van der Waals surface area contributed by atoms with E-state index in [-0.39, 0.29) is 12.0 Å². The van der Waals surface area contributed by atoms with E-state index in [1.165, 1.54) is 0 Å². The van der Waals surface area contributed by atoms with E-state index in [0.717, 1.165) is 51.5 Å². The van der Waals surface area contributed by atoms with Crippen molar-refractivity contribution < 1.29 is 9.90 Å². The van der Waals surface area contributed by atoms with E-state index in [4.69, 9.17) is 5.73 Å². The molecule has 4 heteroatoms. The molecular formula is C15H30N2O2. The molecular weight excluding hydrogens is 240 g/mol. The number of nitrogens with one attached hydrogen (secondary N) is 1. The van der Waals surface area contributed by atoms with Crippen LogP contribution >= 0.6 is 0 Å². The lowest BCUT2D eigenvalue weighted by molar-refractivity contribution is -0.121. The quantitative estimate of drug-likeness (QED) is 0.629. The SMILES string of the molecule is CCC(CCN)CCC(=O)NCC1CCC(O)CC1. The average Bonchev–Trinajstić information content (AvgIpc) is 2.42. The van der Waals surface area contributed by atoms with Gasteiger partial charge in [-0.15, -0.1) is 0 Å². The van der Waals surface area contributed by atoms with E-state index < -0.39 is 0 Å². The molecule has 1 unspecified atom stereocenters. The standard InChI is InChI=1S/C15H30N2O2/c1-2-12(9-10-16)5-8-15(19)17-11-13-3-6-14(18)7-4-13/h12-14,18H,2-11,16H2,1H3,(H,17,19). The number of aliphatic hydroxyl groups excluding tert-OH is 1. The lowest BCUT2D eigenvalue weighted by atomic mass is 9.87. The highest BCUT2D eigenvalue weighted by atomic mass is 16.3. The van der Waals surface area contributed by atoms with Crippen molar-refractivity contribution >= 4 is 5.91 Å². The van der Waals surface area contributed by atoms with Gasteiger partial charge in [-0.2, -0.15) is 0 Å². The topological polar surface area (TPSA) is 75.4 Å². The van der Waals surface area contributed by atoms with Crippen LogP contribution in [0, 0.1) is 11.8 Å². The number of rotatable bonds is 8. The third kappa shape index (κ3) is 6.92. The van der Waals surface area contributed by atoms with E-state index >= 15 is 0 Å². The van der Waals surface area contributed by atoms with Gasteiger partial charge < -0.3 is 16.2 Å². The Hall–Kier alpha value is -0.610. The van der Waals surface area contributed by atoms with Gasteiger partial charge in [-0.3, -0.25) is 4.79 Å². The predicted molar refractivity (Wildman–Crippen MR) is 77.7 cm³/mol. The summed E-state index contributed by atoms with van der Waals surface area (Å²) in [5, 5.41) is 12.5. The summed E-state index contributed by atoms with van der Waals surface area (Å²) in [6.07, 6.45) is 7.41. The number of aliphatic hydroxyl groups is 1. The lowest BCUT2D eigenvalue weighted by Crippen LogP contribution is -2.32. The zero-order chi connectivity index (χ0) is 14.1. The second-order valence-corrected chi connectivity index (χ2v) is 5.87. The number of carbonyl (C=O) groups excluding carboxylic acids is 1. The van der Waals surface area contributed by atoms with Crippen LogP contribution in [-0.2, 0) is 4.79 Å². The summed E-state index contributed by atoms with van der Waals surface area (Å²) in [7, 11) is 0. The highest BCUT2D eigenvalue weighted by Crippen LogP contribution is 2.23. The van der Waals surface area contributed by atoms with Crippen LogP contribution in [0.4, 0.5) is 0 Å². The predicted octanol–water partition coefficient (Wildman–Crippen LogP) is 1.81. The first kappa shape index (κ1) is 16.4. The average molecular weight is 270 g/mol. The third-order valence-electron chi connectivity index (χ3n) is 4.34. The molecule has 1 aliphatic rings. The Kier molecular flexibility index (Phi) is 8.07. The zero-order valence-corrected chi connectivity index (χ0v) is 12.2. The fourth-order valence-corrected chi connectivity index (χ4v) is 2.82. The fraction of sp³-hybridized carbons (Fsp3) is 0.933. The molecule has 0 heterocycles. The summed E-state index contributed by atoms with van der Waals surface area (Å²) in [4.78, 5) is 11.8. The summed E-state index contributed by atoms with van der Waals surface area (Å²) in [6, 6.07) is 0. The van der Waals surface area contributed by atoms with Crippen LogP contribution in [-0.4, -0.2) is 30.2 Å². The number of carbonyl (C=O) groups is 1. The zero-order valence-electron chi connectivity index (χ0n) is 12.2. The molecule has 0 bridgehead atoms. The molecule has 1 aliphatic carbocycles. The van der Waals surface area contributed by atoms with E-state index in [9.17, 15) is 9.90 Å². The molecule has 0 spiro atoms. The largest absolute Gasteiger partial charge is 0.393 e. The van der Waals surface area contributed by atoms with Gasteiger partial charge in [0, 0.05) is 13.0 Å². The van der Waals surface area contributed by atoms with Crippen LogP contribution in [0.1, 0.15) is 58.3 Å². The first-order valence-corrected chi connectivity index (χ1v) is 7.80. The second kappa shape index (κ2) is 9.32. The van der Waals surface area contributed by atoms with Gasteiger partial charge in [0.25, 0.3) is 0 Å². The van der Waals surface area contributed by atoms with Crippen molar-refractivity contribution in [3.8, 4) is 0 Å². The Morgan fingerprint density at radius 2 is 2.00 bits per heavy atom. The third-order valence-corrected chi connectivity index (χ3v) is 4.34. The molecule has 1 rings (SSSR count). The highest BCUT2D eigenvalue weighted by Gasteiger charge is 2.19. The number of amides is 1. The van der Waals surface area contributed by atoms with E-state index in [0.29, 0.717) is 24.8 Å². The Morgan fingerprint density at radius 3 is 2.58 bits per heavy atom. The molecule has 1 amide bonds. The molecule has 4 N–H and O–H groups in total. The van der Waals surface area contributed by atoms with Gasteiger partial charge in [0.15, 0.2) is 0 Å². The van der Waals surface area contributed by atoms with Crippen molar-refractivity contribution in [2.45, 2.75) is 64.4 Å². The van der Waals surface area contributed by atoms with Gasteiger partial charge in [-0.1, -0.05) is 13.3 Å². The van der Waals surface area contributed by atoms with E-state index in [2.05, 4.69) is 12.2 Å². The van der Waals surface area contributed by atoms with Crippen LogP contribution < -0.4 is 11.1 Å². The first-order chi connectivity index (χ1) is 9.15. The van der Waals surface area contributed by atoms with Gasteiger partial charge in [0.2, 0.25) is 5.91 Å². The monoisotopic (exact) mass is 270 g/mol. The molecule has 1 atom stereocenters. The lowest BCUT2D eigenvalue weighted by Gasteiger charge is -2.25. The molecule has 19 heavy (non-hydrogen) atoms. The van der Waals surface area contributed by atoms with Crippen molar-refractivity contribution in [1.82, 2.24) is 5.32 Å². The molecule has 1 saturated carbocycles. The number of hydrogen-bond acceptors (Lipinski definition) is 3. The normalized spacial score (nSPS) is 25.0. The van der Waals surface area contributed by atoms with Crippen molar-refractivity contribution in [3.63, 3.8) is 0 Å². The molecule has 1 fully saturated rings. The van der Waals surface area contributed by atoms with Crippen LogP contribution in [0.5, 0.6) is 0 Å². The van der Waals surface area contributed by atoms with Gasteiger partial charge >= 0.3 is 0 Å². The molecule has 0 radical (unpaired) electrons. The molecule has 0 saturated heterocycles. The van der Waals surface area contributed by atoms with Crippen molar-refractivity contribution in [1.29, 1.82) is 0 Å². The van der Waals surface area contributed by atoms with Crippen molar-refractivity contribution in [2.24, 2.45) is 17.6 Å². The summed E-state index contributed by atoms with van der Waals surface area (Å²) in [5.74, 6) is 1.31. The molecule has 0 aromatic rings. The first-order valence-electron chi connectivity index (χ1n) is 7.80. The Morgan fingerprint density at radius 1 is 1.32 bits per heavy atom. The van der Waals surface area contributed by atoms with Crippen LogP contribution in [0.15, 0.2) is 0 Å². The summed E-state index contributed by atoms with van der Waals surface area (Å²) in [6.45, 7) is 3.65. The summed E-state index contributed by atoms with van der Waals surface area (Å²) < 4.78 is 0. The van der Waals surface area contributed by atoms with Crippen LogP contribution in [0.3, 0.4) is 0 Å². The van der Waals surface area contributed by atoms with Crippen LogP contribution in [0.25, 0.3) is 0 Å². The van der Waals surface area contributed by atoms with Gasteiger partial charge in [-0.05, 0) is 56.9 Å². The molecule has 0 aliphatic heterocycles.